The average molecular weight is 309 g/mol. The Hall–Kier alpha value is -1.36. The molecule has 0 atom stereocenters. The molecule has 2 rings (SSSR count). The third-order valence-electron chi connectivity index (χ3n) is 2.89. The largest absolute Gasteiger partial charge is 0.351 e. The number of hydrogen-bond acceptors (Lipinski definition) is 3. The van der Waals surface area contributed by atoms with Gasteiger partial charge in [0.1, 0.15) is 0 Å². The lowest BCUT2D eigenvalue weighted by molar-refractivity contribution is 0.0957. The third-order valence-corrected chi connectivity index (χ3v) is 4.41. The van der Waals surface area contributed by atoms with E-state index in [1.807, 2.05) is 37.3 Å². The summed E-state index contributed by atoms with van der Waals surface area (Å²) >= 11 is 7.50. The minimum atomic E-state index is -0.0418. The van der Waals surface area contributed by atoms with Crippen molar-refractivity contribution >= 4 is 28.8 Å². The molecule has 0 radical (unpaired) electrons. The van der Waals surface area contributed by atoms with Gasteiger partial charge in [0.2, 0.25) is 0 Å². The van der Waals surface area contributed by atoms with Crippen LogP contribution in [0.3, 0.4) is 0 Å². The summed E-state index contributed by atoms with van der Waals surface area (Å²) in [6.07, 6.45) is 0.789. The molecule has 0 unspecified atom stereocenters. The standard InChI is InChI=1S/C15H17ClN2OS/c1-10-8-13(15(19)18-7-3-6-17)20-14(10)11-4-2-5-12(16)9-11/h2,4-5,8-9H,3,6-7,17H2,1H3,(H,18,19). The number of amides is 1. The number of benzene rings is 1. The van der Waals surface area contributed by atoms with Crippen molar-refractivity contribution in [2.24, 2.45) is 5.73 Å². The van der Waals surface area contributed by atoms with Gasteiger partial charge in [0.15, 0.2) is 0 Å². The maximum absolute atomic E-state index is 12.0. The Kier molecular flexibility index (Phi) is 5.17. The van der Waals surface area contributed by atoms with E-state index in [0.29, 0.717) is 18.1 Å². The summed E-state index contributed by atoms with van der Waals surface area (Å²) in [5, 5.41) is 3.57. The van der Waals surface area contributed by atoms with Crippen LogP contribution in [0, 0.1) is 6.92 Å². The monoisotopic (exact) mass is 308 g/mol. The van der Waals surface area contributed by atoms with Crippen LogP contribution in [0.4, 0.5) is 0 Å². The molecule has 0 saturated heterocycles. The van der Waals surface area contributed by atoms with Gasteiger partial charge in [-0.3, -0.25) is 4.79 Å². The van der Waals surface area contributed by atoms with Crippen molar-refractivity contribution in [3.05, 3.63) is 45.8 Å². The number of halogens is 1. The van der Waals surface area contributed by atoms with Gasteiger partial charge >= 0.3 is 0 Å². The smallest absolute Gasteiger partial charge is 0.261 e. The summed E-state index contributed by atoms with van der Waals surface area (Å²) in [6.45, 7) is 3.19. The Morgan fingerprint density at radius 2 is 2.20 bits per heavy atom. The highest BCUT2D eigenvalue weighted by molar-refractivity contribution is 7.17. The van der Waals surface area contributed by atoms with Crippen molar-refractivity contribution in [3.8, 4) is 10.4 Å². The first-order chi connectivity index (χ1) is 9.61. The molecule has 0 aliphatic heterocycles. The van der Waals surface area contributed by atoms with Gasteiger partial charge in [-0.15, -0.1) is 11.3 Å². The molecule has 5 heteroatoms. The number of hydrogen-bond donors (Lipinski definition) is 2. The second-order valence-electron chi connectivity index (χ2n) is 4.53. The Morgan fingerprint density at radius 3 is 2.90 bits per heavy atom. The third kappa shape index (κ3) is 3.60. The number of thiophene rings is 1. The SMILES string of the molecule is Cc1cc(C(=O)NCCCN)sc1-c1cccc(Cl)c1. The van der Waals surface area contributed by atoms with Gasteiger partial charge in [-0.1, -0.05) is 23.7 Å². The van der Waals surface area contributed by atoms with Gasteiger partial charge in [-0.05, 0) is 49.2 Å². The van der Waals surface area contributed by atoms with Crippen molar-refractivity contribution in [1.29, 1.82) is 0 Å². The zero-order chi connectivity index (χ0) is 14.5. The van der Waals surface area contributed by atoms with Crippen LogP contribution in [0.25, 0.3) is 10.4 Å². The molecule has 0 bridgehead atoms. The summed E-state index contributed by atoms with van der Waals surface area (Å²) in [5.74, 6) is -0.0418. The molecular formula is C15H17ClN2OS. The van der Waals surface area contributed by atoms with E-state index in [4.69, 9.17) is 17.3 Å². The molecule has 1 amide bonds. The van der Waals surface area contributed by atoms with E-state index in [9.17, 15) is 4.79 Å². The fourth-order valence-electron chi connectivity index (χ4n) is 1.90. The topological polar surface area (TPSA) is 55.1 Å². The number of rotatable bonds is 5. The van der Waals surface area contributed by atoms with Crippen LogP contribution < -0.4 is 11.1 Å². The van der Waals surface area contributed by atoms with Crippen LogP contribution in [-0.2, 0) is 0 Å². The molecule has 0 aliphatic carbocycles. The number of aryl methyl sites for hydroxylation is 1. The number of nitrogens with one attached hydrogen (secondary N) is 1. The molecule has 106 valence electrons. The van der Waals surface area contributed by atoms with Gasteiger partial charge in [0.25, 0.3) is 5.91 Å². The van der Waals surface area contributed by atoms with Crippen LogP contribution >= 0.6 is 22.9 Å². The second-order valence-corrected chi connectivity index (χ2v) is 6.02. The minimum Gasteiger partial charge on any atom is -0.351 e. The molecule has 0 spiro atoms. The lowest BCUT2D eigenvalue weighted by Gasteiger charge is -2.01. The fourth-order valence-corrected chi connectivity index (χ4v) is 3.18. The van der Waals surface area contributed by atoms with Crippen molar-refractivity contribution in [1.82, 2.24) is 5.32 Å². The van der Waals surface area contributed by atoms with Gasteiger partial charge in [-0.25, -0.2) is 0 Å². The quantitative estimate of drug-likeness (QED) is 0.831. The van der Waals surface area contributed by atoms with Gasteiger partial charge < -0.3 is 11.1 Å². The molecule has 3 nitrogen and oxygen atoms in total. The predicted octanol–water partition coefficient (Wildman–Crippen LogP) is 3.46. The second kappa shape index (κ2) is 6.88. The maximum Gasteiger partial charge on any atom is 0.261 e. The molecule has 0 saturated carbocycles. The Morgan fingerprint density at radius 1 is 1.40 bits per heavy atom. The highest BCUT2D eigenvalue weighted by Crippen LogP contribution is 2.33. The van der Waals surface area contributed by atoms with E-state index in [1.54, 1.807) is 0 Å². The predicted molar refractivity (Wildman–Crippen MR) is 85.5 cm³/mol. The van der Waals surface area contributed by atoms with E-state index in [2.05, 4.69) is 5.32 Å². The molecular weight excluding hydrogens is 292 g/mol. The molecule has 1 heterocycles. The average Bonchev–Trinajstić information content (AvgIpc) is 2.81. The highest BCUT2D eigenvalue weighted by atomic mass is 35.5. The van der Waals surface area contributed by atoms with Crippen LogP contribution in [0.15, 0.2) is 30.3 Å². The van der Waals surface area contributed by atoms with Gasteiger partial charge in [0, 0.05) is 16.4 Å². The summed E-state index contributed by atoms with van der Waals surface area (Å²) < 4.78 is 0. The van der Waals surface area contributed by atoms with E-state index >= 15 is 0 Å². The van der Waals surface area contributed by atoms with Crippen molar-refractivity contribution in [2.45, 2.75) is 13.3 Å². The summed E-state index contributed by atoms with van der Waals surface area (Å²) in [4.78, 5) is 13.8. The molecule has 2 aromatic rings. The Bertz CT molecular complexity index is 610. The molecule has 1 aromatic carbocycles. The van der Waals surface area contributed by atoms with Crippen molar-refractivity contribution in [3.63, 3.8) is 0 Å². The number of carbonyl (C=O) groups is 1. The summed E-state index contributed by atoms with van der Waals surface area (Å²) in [5.41, 5.74) is 7.54. The normalized spacial score (nSPS) is 10.6. The Labute approximate surface area is 127 Å². The molecule has 0 fully saturated rings. The van der Waals surface area contributed by atoms with E-state index < -0.39 is 0 Å². The first kappa shape index (κ1) is 15.0. The summed E-state index contributed by atoms with van der Waals surface area (Å²) in [7, 11) is 0. The van der Waals surface area contributed by atoms with Crippen LogP contribution in [0.2, 0.25) is 5.02 Å². The molecule has 3 N–H and O–H groups in total. The van der Waals surface area contributed by atoms with E-state index in [1.165, 1.54) is 11.3 Å². The lowest BCUT2D eigenvalue weighted by atomic mass is 10.1. The first-order valence-electron chi connectivity index (χ1n) is 6.46. The van der Waals surface area contributed by atoms with Crippen LogP contribution in [-0.4, -0.2) is 19.0 Å². The number of nitrogens with two attached hydrogens (primary N) is 1. The fraction of sp³-hybridized carbons (Fsp3) is 0.267. The van der Waals surface area contributed by atoms with Crippen molar-refractivity contribution < 1.29 is 4.79 Å². The van der Waals surface area contributed by atoms with E-state index in [0.717, 1.165) is 27.3 Å². The van der Waals surface area contributed by atoms with Crippen LogP contribution in [0.1, 0.15) is 21.7 Å². The van der Waals surface area contributed by atoms with Crippen molar-refractivity contribution in [2.75, 3.05) is 13.1 Å². The van der Waals surface area contributed by atoms with Gasteiger partial charge in [0.05, 0.1) is 4.88 Å². The zero-order valence-electron chi connectivity index (χ0n) is 11.3. The number of carbonyl (C=O) groups excluding carboxylic acids is 1. The summed E-state index contributed by atoms with van der Waals surface area (Å²) in [6, 6.07) is 9.59. The van der Waals surface area contributed by atoms with E-state index in [-0.39, 0.29) is 5.91 Å². The maximum atomic E-state index is 12.0. The first-order valence-corrected chi connectivity index (χ1v) is 7.66. The minimum absolute atomic E-state index is 0.0418. The Balaban J connectivity index is 2.19. The molecule has 1 aromatic heterocycles. The molecule has 0 aliphatic rings. The molecule has 20 heavy (non-hydrogen) atoms. The van der Waals surface area contributed by atoms with Gasteiger partial charge in [-0.2, -0.15) is 0 Å². The zero-order valence-corrected chi connectivity index (χ0v) is 12.9. The van der Waals surface area contributed by atoms with Crippen LogP contribution in [0.5, 0.6) is 0 Å². The highest BCUT2D eigenvalue weighted by Gasteiger charge is 2.13. The lowest BCUT2D eigenvalue weighted by Crippen LogP contribution is -2.25.